The van der Waals surface area contributed by atoms with Crippen LogP contribution in [0.15, 0.2) is 47.6 Å². The van der Waals surface area contributed by atoms with Crippen LogP contribution in [-0.4, -0.2) is 18.1 Å². The Labute approximate surface area is 124 Å². The normalized spacial score (nSPS) is 12.3. The van der Waals surface area contributed by atoms with Crippen LogP contribution in [0, 0.1) is 4.91 Å². The van der Waals surface area contributed by atoms with Gasteiger partial charge in [0.25, 0.3) is 0 Å². The molecule has 1 atom stereocenters. The number of carbonyl (C=O) groups is 1. The molecule has 2 aromatic carbocycles. The average Bonchev–Trinajstić information content (AvgIpc) is 2.47. The van der Waals surface area contributed by atoms with Crippen LogP contribution in [0.25, 0.3) is 10.8 Å². The first kappa shape index (κ1) is 15.2. The maximum atomic E-state index is 11.8. The second-order valence-electron chi connectivity index (χ2n) is 5.28. The van der Waals surface area contributed by atoms with E-state index in [9.17, 15) is 9.70 Å². The summed E-state index contributed by atoms with van der Waals surface area (Å²) in [6.45, 7) is 3.51. The molecule has 0 radical (unpaired) electrons. The fraction of sp³-hybridized carbons (Fsp3) is 0.353. The minimum atomic E-state index is -0.939. The summed E-state index contributed by atoms with van der Waals surface area (Å²) in [6, 6.07) is 13.1. The monoisotopic (exact) mass is 285 g/mol. The Bertz CT molecular complexity index is 631. The molecule has 0 fully saturated rings. The van der Waals surface area contributed by atoms with Crippen LogP contribution in [0.1, 0.15) is 25.8 Å². The molecule has 1 unspecified atom stereocenters. The Morgan fingerprint density at radius 2 is 1.86 bits per heavy atom. The predicted molar refractivity (Wildman–Crippen MR) is 83.1 cm³/mol. The minimum Gasteiger partial charge on any atom is -0.461 e. The summed E-state index contributed by atoms with van der Waals surface area (Å²) in [4.78, 5) is 22.6. The van der Waals surface area contributed by atoms with Gasteiger partial charge in [-0.1, -0.05) is 47.6 Å². The van der Waals surface area contributed by atoms with E-state index in [-0.39, 0.29) is 6.10 Å². The van der Waals surface area contributed by atoms with Crippen molar-refractivity contribution in [3.8, 4) is 0 Å². The van der Waals surface area contributed by atoms with Gasteiger partial charge >= 0.3 is 5.97 Å². The summed E-state index contributed by atoms with van der Waals surface area (Å²) in [5, 5.41) is 5.20. The first-order valence-corrected chi connectivity index (χ1v) is 7.11. The van der Waals surface area contributed by atoms with Crippen LogP contribution in [0.4, 0.5) is 0 Å². The second-order valence-corrected chi connectivity index (χ2v) is 5.28. The third kappa shape index (κ3) is 3.88. The lowest BCUT2D eigenvalue weighted by molar-refractivity contribution is -0.149. The van der Waals surface area contributed by atoms with E-state index in [0.717, 1.165) is 16.3 Å². The molecule has 0 saturated carbocycles. The van der Waals surface area contributed by atoms with Crippen molar-refractivity contribution in [1.82, 2.24) is 0 Å². The van der Waals surface area contributed by atoms with Gasteiger partial charge in [-0.2, -0.15) is 0 Å². The first-order chi connectivity index (χ1) is 10.1. The van der Waals surface area contributed by atoms with Gasteiger partial charge in [0.2, 0.25) is 0 Å². The molecule has 4 nitrogen and oxygen atoms in total. The molecule has 4 heteroatoms. The van der Waals surface area contributed by atoms with Gasteiger partial charge in [0.05, 0.1) is 6.10 Å². The zero-order valence-electron chi connectivity index (χ0n) is 12.3. The van der Waals surface area contributed by atoms with Gasteiger partial charge < -0.3 is 4.74 Å². The standard InChI is InChI=1S/C17H19NO3/c1-12(2)21-17(19)16(18-20)11-10-14-8-5-7-13-6-3-4-9-15(13)14/h3-9,12,16H,10-11H2,1-2H3. The van der Waals surface area contributed by atoms with Crippen molar-refractivity contribution in [2.24, 2.45) is 5.18 Å². The second kappa shape index (κ2) is 6.97. The number of fused-ring (bicyclic) bond motifs is 1. The van der Waals surface area contributed by atoms with Crippen molar-refractivity contribution in [2.75, 3.05) is 0 Å². The highest BCUT2D eigenvalue weighted by Crippen LogP contribution is 2.20. The van der Waals surface area contributed by atoms with Gasteiger partial charge in [-0.25, -0.2) is 4.79 Å². The van der Waals surface area contributed by atoms with Crippen LogP contribution in [0.5, 0.6) is 0 Å². The molecule has 2 aromatic rings. The van der Waals surface area contributed by atoms with Gasteiger partial charge in [0.1, 0.15) is 0 Å². The summed E-state index contributed by atoms with van der Waals surface area (Å²) < 4.78 is 5.05. The maximum absolute atomic E-state index is 11.8. The molecule has 21 heavy (non-hydrogen) atoms. The van der Waals surface area contributed by atoms with E-state index in [1.165, 1.54) is 0 Å². The lowest BCUT2D eigenvalue weighted by atomic mass is 9.99. The molecule has 0 aliphatic heterocycles. The molecule has 0 saturated heterocycles. The summed E-state index contributed by atoms with van der Waals surface area (Å²) in [5.41, 5.74) is 1.11. The summed E-state index contributed by atoms with van der Waals surface area (Å²) in [5.74, 6) is -0.541. The van der Waals surface area contributed by atoms with Gasteiger partial charge in [-0.05, 0) is 43.0 Å². The molecule has 2 rings (SSSR count). The number of esters is 1. The average molecular weight is 285 g/mol. The molecule has 0 aliphatic carbocycles. The smallest absolute Gasteiger partial charge is 0.334 e. The Hall–Kier alpha value is -2.23. The Balaban J connectivity index is 2.10. The van der Waals surface area contributed by atoms with Crippen LogP contribution in [0.2, 0.25) is 0 Å². The number of nitrogens with zero attached hydrogens (tertiary/aromatic N) is 1. The Morgan fingerprint density at radius 3 is 2.57 bits per heavy atom. The summed E-state index contributed by atoms with van der Waals surface area (Å²) >= 11 is 0. The van der Waals surface area contributed by atoms with Crippen molar-refractivity contribution < 1.29 is 9.53 Å². The molecule has 0 bridgehead atoms. The molecular formula is C17H19NO3. The molecule has 0 aliphatic rings. The largest absolute Gasteiger partial charge is 0.461 e. The lowest BCUT2D eigenvalue weighted by Gasteiger charge is -2.12. The van der Waals surface area contributed by atoms with E-state index < -0.39 is 12.0 Å². The minimum absolute atomic E-state index is 0.237. The molecule has 0 amide bonds. The fourth-order valence-corrected chi connectivity index (χ4v) is 2.33. The number of aryl methyl sites for hydroxylation is 1. The molecular weight excluding hydrogens is 266 g/mol. The third-order valence-electron chi connectivity index (χ3n) is 3.32. The van der Waals surface area contributed by atoms with Crippen LogP contribution < -0.4 is 0 Å². The third-order valence-corrected chi connectivity index (χ3v) is 3.32. The van der Waals surface area contributed by atoms with E-state index in [2.05, 4.69) is 5.18 Å². The number of hydrogen-bond donors (Lipinski definition) is 0. The fourth-order valence-electron chi connectivity index (χ4n) is 2.33. The van der Waals surface area contributed by atoms with E-state index in [1.807, 2.05) is 42.5 Å². The van der Waals surface area contributed by atoms with Gasteiger partial charge in [0.15, 0.2) is 6.04 Å². The van der Waals surface area contributed by atoms with Crippen molar-refractivity contribution >= 4 is 16.7 Å². The highest BCUT2D eigenvalue weighted by atomic mass is 16.5. The highest BCUT2D eigenvalue weighted by Gasteiger charge is 2.21. The molecule has 0 N–H and O–H groups in total. The Morgan fingerprint density at radius 1 is 1.14 bits per heavy atom. The Kier molecular flexibility index (Phi) is 5.04. The van der Waals surface area contributed by atoms with Gasteiger partial charge in [-0.3, -0.25) is 0 Å². The number of nitroso groups, excluding NO2 is 1. The van der Waals surface area contributed by atoms with E-state index in [0.29, 0.717) is 12.8 Å². The number of hydrogen-bond acceptors (Lipinski definition) is 4. The van der Waals surface area contributed by atoms with Crippen LogP contribution >= 0.6 is 0 Å². The van der Waals surface area contributed by atoms with Crippen molar-refractivity contribution in [3.05, 3.63) is 52.9 Å². The molecule has 110 valence electrons. The summed E-state index contributed by atoms with van der Waals surface area (Å²) in [6.07, 6.45) is 0.743. The number of benzene rings is 2. The van der Waals surface area contributed by atoms with Crippen molar-refractivity contribution in [1.29, 1.82) is 0 Å². The van der Waals surface area contributed by atoms with E-state index in [1.54, 1.807) is 13.8 Å². The predicted octanol–water partition coefficient (Wildman–Crippen LogP) is 3.86. The van der Waals surface area contributed by atoms with E-state index >= 15 is 0 Å². The SMILES string of the molecule is CC(C)OC(=O)C(CCc1cccc2ccccc12)N=O. The zero-order valence-corrected chi connectivity index (χ0v) is 12.3. The first-order valence-electron chi connectivity index (χ1n) is 7.11. The lowest BCUT2D eigenvalue weighted by Crippen LogP contribution is -2.24. The van der Waals surface area contributed by atoms with Crippen molar-refractivity contribution in [3.63, 3.8) is 0 Å². The number of carbonyl (C=O) groups excluding carboxylic acids is 1. The summed E-state index contributed by atoms with van der Waals surface area (Å²) in [7, 11) is 0. The van der Waals surface area contributed by atoms with E-state index in [4.69, 9.17) is 4.74 Å². The highest BCUT2D eigenvalue weighted by molar-refractivity contribution is 5.85. The van der Waals surface area contributed by atoms with Crippen LogP contribution in [-0.2, 0) is 16.0 Å². The number of ether oxygens (including phenoxy) is 1. The molecule has 0 aromatic heterocycles. The topological polar surface area (TPSA) is 55.7 Å². The molecule has 0 spiro atoms. The van der Waals surface area contributed by atoms with Crippen molar-refractivity contribution in [2.45, 2.75) is 38.8 Å². The maximum Gasteiger partial charge on any atom is 0.334 e. The van der Waals surface area contributed by atoms with Gasteiger partial charge in [0, 0.05) is 0 Å². The quantitative estimate of drug-likeness (QED) is 0.598. The van der Waals surface area contributed by atoms with Gasteiger partial charge in [-0.15, -0.1) is 4.91 Å². The zero-order chi connectivity index (χ0) is 15.2. The van der Waals surface area contributed by atoms with Crippen LogP contribution in [0.3, 0.4) is 0 Å². The molecule has 0 heterocycles. The number of rotatable bonds is 6.